The van der Waals surface area contributed by atoms with Gasteiger partial charge in [0.05, 0.1) is 25.4 Å². The van der Waals surface area contributed by atoms with E-state index in [1.807, 2.05) is 66.7 Å². The van der Waals surface area contributed by atoms with Gasteiger partial charge in [-0.15, -0.1) is 0 Å². The minimum atomic E-state index is -0.206. The topological polar surface area (TPSA) is 81.7 Å². The smallest absolute Gasteiger partial charge is 0.319 e. The first kappa shape index (κ1) is 23.9. The van der Waals surface area contributed by atoms with Crippen LogP contribution in [-0.4, -0.2) is 31.8 Å². The third-order valence-corrected chi connectivity index (χ3v) is 5.59. The summed E-state index contributed by atoms with van der Waals surface area (Å²) in [5.41, 5.74) is 3.38. The van der Waals surface area contributed by atoms with Gasteiger partial charge in [0.25, 0.3) is 0 Å². The van der Waals surface area contributed by atoms with Crippen molar-refractivity contribution in [3.05, 3.63) is 72.9 Å². The average molecular weight is 472 g/mol. The highest BCUT2D eigenvalue weighted by atomic mass is 16.5. The van der Waals surface area contributed by atoms with Crippen molar-refractivity contribution in [1.29, 1.82) is 0 Å². The number of rotatable bonds is 9. The summed E-state index contributed by atoms with van der Waals surface area (Å²) in [6, 6.07) is 20.8. The average Bonchev–Trinajstić information content (AvgIpc) is 2.89. The van der Waals surface area contributed by atoms with Gasteiger partial charge in [-0.3, -0.25) is 4.98 Å². The summed E-state index contributed by atoms with van der Waals surface area (Å²) in [7, 11) is 3.19. The molecule has 2 N–H and O–H groups in total. The molecule has 4 rings (SSSR count). The second-order valence-electron chi connectivity index (χ2n) is 7.94. The molecule has 35 heavy (non-hydrogen) atoms. The summed E-state index contributed by atoms with van der Waals surface area (Å²) in [6.07, 6.45) is 3.68. The number of urea groups is 1. The summed E-state index contributed by atoms with van der Waals surface area (Å²) < 4.78 is 17.0. The van der Waals surface area contributed by atoms with Crippen LogP contribution in [0.1, 0.15) is 19.8 Å². The molecular weight excluding hydrogens is 442 g/mol. The summed E-state index contributed by atoms with van der Waals surface area (Å²) >= 11 is 0. The van der Waals surface area contributed by atoms with E-state index in [9.17, 15) is 4.79 Å². The molecule has 180 valence electrons. The number of anilines is 1. The van der Waals surface area contributed by atoms with Crippen molar-refractivity contribution >= 4 is 22.6 Å². The Bertz CT molecular complexity index is 1310. The highest BCUT2D eigenvalue weighted by molar-refractivity contribution is 5.94. The molecule has 0 saturated heterocycles. The Morgan fingerprint density at radius 3 is 2.40 bits per heavy atom. The van der Waals surface area contributed by atoms with E-state index in [0.29, 0.717) is 29.5 Å². The van der Waals surface area contributed by atoms with E-state index in [4.69, 9.17) is 14.2 Å². The molecule has 0 radical (unpaired) electrons. The van der Waals surface area contributed by atoms with E-state index in [-0.39, 0.29) is 6.03 Å². The first-order chi connectivity index (χ1) is 17.1. The van der Waals surface area contributed by atoms with Gasteiger partial charge in [-0.2, -0.15) is 0 Å². The molecule has 0 saturated carbocycles. The van der Waals surface area contributed by atoms with Gasteiger partial charge >= 0.3 is 6.03 Å². The van der Waals surface area contributed by atoms with Crippen LogP contribution in [0.15, 0.2) is 72.9 Å². The van der Waals surface area contributed by atoms with Crippen LogP contribution in [0.4, 0.5) is 10.5 Å². The number of benzene rings is 3. The monoisotopic (exact) mass is 471 g/mol. The molecule has 2 amide bonds. The van der Waals surface area contributed by atoms with E-state index in [0.717, 1.165) is 40.6 Å². The third-order valence-electron chi connectivity index (χ3n) is 5.59. The Kier molecular flexibility index (Phi) is 7.67. The van der Waals surface area contributed by atoms with E-state index < -0.39 is 0 Å². The molecule has 3 aromatic carbocycles. The van der Waals surface area contributed by atoms with E-state index >= 15 is 0 Å². The molecule has 0 spiro atoms. The molecule has 0 atom stereocenters. The van der Waals surface area contributed by atoms with Crippen molar-refractivity contribution in [3.63, 3.8) is 0 Å². The largest absolute Gasteiger partial charge is 0.493 e. The number of hydrogen-bond donors (Lipinski definition) is 2. The van der Waals surface area contributed by atoms with Gasteiger partial charge < -0.3 is 24.8 Å². The van der Waals surface area contributed by atoms with Gasteiger partial charge in [0, 0.05) is 29.8 Å². The fourth-order valence-electron chi connectivity index (χ4n) is 3.76. The van der Waals surface area contributed by atoms with Crippen LogP contribution in [0.3, 0.4) is 0 Å². The van der Waals surface area contributed by atoms with Gasteiger partial charge in [-0.25, -0.2) is 4.79 Å². The number of aromatic nitrogens is 1. The van der Waals surface area contributed by atoms with E-state index in [1.54, 1.807) is 20.4 Å². The molecule has 1 heterocycles. The van der Waals surface area contributed by atoms with Crippen LogP contribution in [0, 0.1) is 0 Å². The van der Waals surface area contributed by atoms with Crippen LogP contribution >= 0.6 is 0 Å². The van der Waals surface area contributed by atoms with Gasteiger partial charge in [0.15, 0.2) is 11.5 Å². The molecule has 1 aromatic heterocycles. The van der Waals surface area contributed by atoms with Crippen molar-refractivity contribution in [3.8, 4) is 34.1 Å². The molecule has 0 fully saturated rings. The molecule has 7 heteroatoms. The molecule has 0 bridgehead atoms. The van der Waals surface area contributed by atoms with Crippen molar-refractivity contribution in [2.24, 2.45) is 0 Å². The number of fused-ring (bicyclic) bond motifs is 1. The van der Waals surface area contributed by atoms with Crippen molar-refractivity contribution in [1.82, 2.24) is 10.3 Å². The normalized spacial score (nSPS) is 10.6. The Hall–Kier alpha value is -4.26. The highest BCUT2D eigenvalue weighted by Crippen LogP contribution is 2.37. The lowest BCUT2D eigenvalue weighted by Gasteiger charge is -2.14. The second-order valence-corrected chi connectivity index (χ2v) is 7.94. The Labute approximate surface area is 205 Å². The lowest BCUT2D eigenvalue weighted by molar-refractivity contribution is 0.252. The molecule has 0 aliphatic rings. The fraction of sp³-hybridized carbons (Fsp3) is 0.214. The number of ether oxygens (including phenoxy) is 3. The number of nitrogens with zero attached hydrogens (tertiary/aromatic N) is 1. The van der Waals surface area contributed by atoms with Gasteiger partial charge in [-0.05, 0) is 42.3 Å². The SMILES string of the molecule is CCCCNC(=O)Nc1ccccc1-c1ccc(Oc2ccnc3cc(OC)c(OC)cc23)cc1. The zero-order valence-electron chi connectivity index (χ0n) is 20.1. The molecular formula is C28H29N3O4. The number of pyridine rings is 1. The third kappa shape index (κ3) is 5.63. The zero-order valence-corrected chi connectivity index (χ0v) is 20.1. The number of nitrogens with one attached hydrogen (secondary N) is 2. The van der Waals surface area contributed by atoms with Gasteiger partial charge in [-0.1, -0.05) is 43.7 Å². The van der Waals surface area contributed by atoms with Gasteiger partial charge in [0.2, 0.25) is 0 Å². The minimum Gasteiger partial charge on any atom is -0.493 e. The number of methoxy groups -OCH3 is 2. The van der Waals surface area contributed by atoms with Crippen LogP contribution in [0.5, 0.6) is 23.0 Å². The molecule has 0 aliphatic heterocycles. The highest BCUT2D eigenvalue weighted by Gasteiger charge is 2.12. The Morgan fingerprint density at radius 1 is 0.914 bits per heavy atom. The van der Waals surface area contributed by atoms with E-state index in [2.05, 4.69) is 22.5 Å². The maximum Gasteiger partial charge on any atom is 0.319 e. The lowest BCUT2D eigenvalue weighted by atomic mass is 10.0. The number of carbonyl (C=O) groups excluding carboxylic acids is 1. The number of carbonyl (C=O) groups is 1. The summed E-state index contributed by atoms with van der Waals surface area (Å²) in [4.78, 5) is 16.7. The summed E-state index contributed by atoms with van der Waals surface area (Å²) in [5.74, 6) is 2.56. The van der Waals surface area contributed by atoms with Crippen molar-refractivity contribution in [2.45, 2.75) is 19.8 Å². The Balaban J connectivity index is 1.55. The first-order valence-corrected chi connectivity index (χ1v) is 11.6. The standard InChI is InChI=1S/C28H29N3O4/c1-4-5-15-30-28(32)31-23-9-7-6-8-21(23)19-10-12-20(13-11-19)35-25-14-16-29-24-18-27(34-3)26(33-2)17-22(24)25/h6-14,16-18H,4-5,15H2,1-3H3,(H2,30,31,32). The minimum absolute atomic E-state index is 0.206. The number of hydrogen-bond acceptors (Lipinski definition) is 5. The predicted octanol–water partition coefficient (Wildman–Crippen LogP) is 6.63. The first-order valence-electron chi connectivity index (χ1n) is 11.6. The quantitative estimate of drug-likeness (QED) is 0.268. The second kappa shape index (κ2) is 11.2. The van der Waals surface area contributed by atoms with E-state index in [1.165, 1.54) is 0 Å². The number of amides is 2. The molecule has 0 aliphatic carbocycles. The van der Waals surface area contributed by atoms with Crippen molar-refractivity contribution < 1.29 is 19.0 Å². The Morgan fingerprint density at radius 2 is 1.66 bits per heavy atom. The fourth-order valence-corrected chi connectivity index (χ4v) is 3.76. The lowest BCUT2D eigenvalue weighted by Crippen LogP contribution is -2.29. The number of para-hydroxylation sites is 1. The maximum atomic E-state index is 12.3. The van der Waals surface area contributed by atoms with Crippen LogP contribution in [-0.2, 0) is 0 Å². The maximum absolute atomic E-state index is 12.3. The zero-order chi connectivity index (χ0) is 24.6. The summed E-state index contributed by atoms with van der Waals surface area (Å²) in [5, 5.41) is 6.65. The van der Waals surface area contributed by atoms with Crippen LogP contribution in [0.2, 0.25) is 0 Å². The molecule has 0 unspecified atom stereocenters. The van der Waals surface area contributed by atoms with Crippen LogP contribution < -0.4 is 24.8 Å². The number of unbranched alkanes of at least 4 members (excludes halogenated alkanes) is 1. The summed E-state index contributed by atoms with van der Waals surface area (Å²) in [6.45, 7) is 2.74. The molecule has 4 aromatic rings. The molecule has 7 nitrogen and oxygen atoms in total. The van der Waals surface area contributed by atoms with Crippen molar-refractivity contribution in [2.75, 3.05) is 26.1 Å². The van der Waals surface area contributed by atoms with Crippen LogP contribution in [0.25, 0.3) is 22.0 Å². The van der Waals surface area contributed by atoms with Gasteiger partial charge in [0.1, 0.15) is 11.5 Å². The predicted molar refractivity (Wildman–Crippen MR) is 139 cm³/mol.